The van der Waals surface area contributed by atoms with Crippen molar-refractivity contribution in [3.8, 4) is 11.3 Å². The van der Waals surface area contributed by atoms with Gasteiger partial charge < -0.3 is 19.6 Å². The van der Waals surface area contributed by atoms with Crippen LogP contribution in [0.3, 0.4) is 0 Å². The van der Waals surface area contributed by atoms with Crippen molar-refractivity contribution in [2.75, 3.05) is 13.7 Å². The Hall–Kier alpha value is -2.71. The molecular formula is C21H22BrN3O4. The highest BCUT2D eigenvalue weighted by molar-refractivity contribution is 9.10. The average molecular weight is 460 g/mol. The number of ether oxygens (including phenoxy) is 1. The van der Waals surface area contributed by atoms with Crippen molar-refractivity contribution in [2.45, 2.75) is 26.3 Å². The number of hydrogen-bond donors (Lipinski definition) is 2. The van der Waals surface area contributed by atoms with Crippen LogP contribution in [0.25, 0.3) is 11.3 Å². The van der Waals surface area contributed by atoms with E-state index in [-0.39, 0.29) is 17.7 Å². The number of carbonyl (C=O) groups excluding carboxylic acids is 2. The fraction of sp³-hybridized carbons (Fsp3) is 0.286. The second-order valence-electron chi connectivity index (χ2n) is 6.63. The summed E-state index contributed by atoms with van der Waals surface area (Å²) in [6, 6.07) is 8.89. The number of aromatic nitrogens is 2. The number of ketones is 1. The standard InChI is InChI=1S/C21H22BrN3O4/c1-4-16(11-28-3)24-21(27)17-9-14(10-23-17)20(26)18-12(2)29-25-19(18)13-5-7-15(22)8-6-13/h5-10,16,23H,4,11H2,1-3H3,(H,24,27). The highest BCUT2D eigenvalue weighted by Gasteiger charge is 2.24. The molecule has 0 spiro atoms. The van der Waals surface area contributed by atoms with Crippen LogP contribution in [0.2, 0.25) is 0 Å². The number of carbonyl (C=O) groups is 2. The Balaban J connectivity index is 1.85. The molecule has 3 aromatic rings. The Morgan fingerprint density at radius 3 is 2.69 bits per heavy atom. The maximum atomic E-state index is 13.1. The van der Waals surface area contributed by atoms with Gasteiger partial charge in [-0.25, -0.2) is 0 Å². The van der Waals surface area contributed by atoms with Crippen molar-refractivity contribution in [3.63, 3.8) is 0 Å². The number of aromatic amines is 1. The summed E-state index contributed by atoms with van der Waals surface area (Å²) in [5, 5.41) is 6.94. The van der Waals surface area contributed by atoms with Crippen LogP contribution in [-0.4, -0.2) is 41.6 Å². The first-order chi connectivity index (χ1) is 13.9. The number of amides is 1. The van der Waals surface area contributed by atoms with Crippen LogP contribution < -0.4 is 5.32 Å². The van der Waals surface area contributed by atoms with Gasteiger partial charge in [-0.05, 0) is 31.5 Å². The maximum absolute atomic E-state index is 13.1. The molecule has 0 aliphatic heterocycles. The van der Waals surface area contributed by atoms with Gasteiger partial charge in [-0.3, -0.25) is 9.59 Å². The molecule has 1 atom stereocenters. The minimum Gasteiger partial charge on any atom is -0.383 e. The van der Waals surface area contributed by atoms with Crippen molar-refractivity contribution in [3.05, 3.63) is 63.6 Å². The largest absolute Gasteiger partial charge is 0.383 e. The van der Waals surface area contributed by atoms with Crippen LogP contribution in [0.4, 0.5) is 0 Å². The smallest absolute Gasteiger partial charge is 0.268 e. The lowest BCUT2D eigenvalue weighted by atomic mass is 9.99. The lowest BCUT2D eigenvalue weighted by molar-refractivity contribution is 0.0890. The SMILES string of the molecule is CCC(COC)NC(=O)c1cc(C(=O)c2c(-c3ccc(Br)cc3)noc2C)c[nH]1. The lowest BCUT2D eigenvalue weighted by Crippen LogP contribution is -2.37. The number of hydrogen-bond acceptors (Lipinski definition) is 5. The third kappa shape index (κ3) is 4.65. The number of nitrogens with one attached hydrogen (secondary N) is 2. The summed E-state index contributed by atoms with van der Waals surface area (Å²) in [6.07, 6.45) is 2.26. The summed E-state index contributed by atoms with van der Waals surface area (Å²) >= 11 is 3.39. The molecule has 29 heavy (non-hydrogen) atoms. The van der Waals surface area contributed by atoms with Crippen LogP contribution in [0.5, 0.6) is 0 Å². The van der Waals surface area contributed by atoms with Gasteiger partial charge in [0.25, 0.3) is 5.91 Å². The molecule has 3 rings (SSSR count). The molecule has 7 nitrogen and oxygen atoms in total. The van der Waals surface area contributed by atoms with Crippen LogP contribution in [-0.2, 0) is 4.74 Å². The van der Waals surface area contributed by atoms with Crippen LogP contribution in [0, 0.1) is 6.92 Å². The maximum Gasteiger partial charge on any atom is 0.268 e. The predicted molar refractivity (Wildman–Crippen MR) is 112 cm³/mol. The summed E-state index contributed by atoms with van der Waals surface area (Å²) < 4.78 is 11.3. The first-order valence-corrected chi connectivity index (χ1v) is 9.99. The molecule has 0 bridgehead atoms. The normalized spacial score (nSPS) is 12.0. The summed E-state index contributed by atoms with van der Waals surface area (Å²) in [5.41, 5.74) is 2.29. The number of H-pyrrole nitrogens is 1. The highest BCUT2D eigenvalue weighted by Crippen LogP contribution is 2.28. The third-order valence-corrected chi connectivity index (χ3v) is 5.12. The van der Waals surface area contributed by atoms with Crippen molar-refractivity contribution in [1.29, 1.82) is 0 Å². The van der Waals surface area contributed by atoms with E-state index in [4.69, 9.17) is 9.26 Å². The van der Waals surface area contributed by atoms with Crippen LogP contribution in [0.15, 0.2) is 45.5 Å². The Morgan fingerprint density at radius 1 is 1.31 bits per heavy atom. The molecule has 0 fully saturated rings. The Morgan fingerprint density at radius 2 is 2.03 bits per heavy atom. The Labute approximate surface area is 176 Å². The van der Waals surface area contributed by atoms with Gasteiger partial charge in [0.1, 0.15) is 17.1 Å². The lowest BCUT2D eigenvalue weighted by Gasteiger charge is -2.15. The monoisotopic (exact) mass is 459 g/mol. The van der Waals surface area contributed by atoms with Crippen molar-refractivity contribution >= 4 is 27.6 Å². The van der Waals surface area contributed by atoms with Crippen molar-refractivity contribution in [2.24, 2.45) is 0 Å². The predicted octanol–water partition coefficient (Wildman–Crippen LogP) is 4.13. The summed E-state index contributed by atoms with van der Waals surface area (Å²) in [7, 11) is 1.59. The molecule has 2 aromatic heterocycles. The summed E-state index contributed by atoms with van der Waals surface area (Å²) in [5.74, 6) is -0.129. The number of rotatable bonds is 8. The van der Waals surface area contributed by atoms with E-state index in [1.54, 1.807) is 14.0 Å². The van der Waals surface area contributed by atoms with Gasteiger partial charge in [0.2, 0.25) is 0 Å². The third-order valence-electron chi connectivity index (χ3n) is 4.59. The molecule has 1 unspecified atom stereocenters. The van der Waals surface area contributed by atoms with E-state index in [9.17, 15) is 9.59 Å². The van der Waals surface area contributed by atoms with Gasteiger partial charge in [-0.15, -0.1) is 0 Å². The van der Waals surface area contributed by atoms with Gasteiger partial charge in [0.05, 0.1) is 18.2 Å². The van der Waals surface area contributed by atoms with E-state index >= 15 is 0 Å². The first kappa shape index (κ1) is 21.0. The number of methoxy groups -OCH3 is 1. The highest BCUT2D eigenvalue weighted by atomic mass is 79.9. The molecule has 2 N–H and O–H groups in total. The van der Waals surface area contributed by atoms with E-state index in [0.29, 0.717) is 34.9 Å². The fourth-order valence-corrected chi connectivity index (χ4v) is 3.24. The number of nitrogens with zero attached hydrogens (tertiary/aromatic N) is 1. The van der Waals surface area contributed by atoms with Crippen LogP contribution >= 0.6 is 15.9 Å². The van der Waals surface area contributed by atoms with E-state index in [1.807, 2.05) is 31.2 Å². The first-order valence-electron chi connectivity index (χ1n) is 9.19. The average Bonchev–Trinajstić information content (AvgIpc) is 3.35. The second kappa shape index (κ2) is 9.19. The van der Waals surface area contributed by atoms with Gasteiger partial charge in [0.15, 0.2) is 5.78 Å². The van der Waals surface area contributed by atoms with Crippen LogP contribution in [0.1, 0.15) is 45.5 Å². The molecule has 8 heteroatoms. The Bertz CT molecular complexity index is 1010. The van der Waals surface area contributed by atoms with Crippen molar-refractivity contribution in [1.82, 2.24) is 15.5 Å². The molecule has 2 heterocycles. The van der Waals surface area contributed by atoms with Gasteiger partial charge in [0, 0.05) is 28.9 Å². The van der Waals surface area contributed by atoms with E-state index in [0.717, 1.165) is 16.5 Å². The molecule has 152 valence electrons. The molecule has 0 aliphatic rings. The van der Waals surface area contributed by atoms with Gasteiger partial charge in [-0.1, -0.05) is 40.1 Å². The molecule has 0 radical (unpaired) electrons. The van der Waals surface area contributed by atoms with Crippen molar-refractivity contribution < 1.29 is 18.8 Å². The minimum atomic E-state index is -0.289. The molecule has 1 aromatic carbocycles. The number of aryl methyl sites for hydroxylation is 1. The zero-order chi connectivity index (χ0) is 21.0. The van der Waals surface area contributed by atoms with E-state index in [1.165, 1.54) is 12.3 Å². The minimum absolute atomic E-state index is 0.0979. The summed E-state index contributed by atoms with van der Waals surface area (Å²) in [4.78, 5) is 28.5. The van der Waals surface area contributed by atoms with Gasteiger partial charge >= 0.3 is 0 Å². The number of benzene rings is 1. The zero-order valence-electron chi connectivity index (χ0n) is 16.4. The molecule has 0 aliphatic carbocycles. The zero-order valence-corrected chi connectivity index (χ0v) is 18.0. The Kier molecular flexibility index (Phi) is 6.66. The summed E-state index contributed by atoms with van der Waals surface area (Å²) in [6.45, 7) is 4.08. The second-order valence-corrected chi connectivity index (χ2v) is 7.55. The quantitative estimate of drug-likeness (QED) is 0.493. The molecule has 1 amide bonds. The topological polar surface area (TPSA) is 97.2 Å². The van der Waals surface area contributed by atoms with E-state index < -0.39 is 0 Å². The fourth-order valence-electron chi connectivity index (χ4n) is 2.97. The molecular weight excluding hydrogens is 438 g/mol. The van der Waals surface area contributed by atoms with E-state index in [2.05, 4.69) is 31.4 Å². The molecule has 0 saturated carbocycles. The van der Waals surface area contributed by atoms with Gasteiger partial charge in [-0.2, -0.15) is 0 Å². The molecule has 0 saturated heterocycles. The number of halogens is 1.